The summed E-state index contributed by atoms with van der Waals surface area (Å²) in [5, 5.41) is 0. The first kappa shape index (κ1) is 9.51. The van der Waals surface area contributed by atoms with Crippen molar-refractivity contribution in [2.24, 2.45) is 0 Å². The highest BCUT2D eigenvalue weighted by atomic mass is 19.1. The number of imidazole rings is 1. The summed E-state index contributed by atoms with van der Waals surface area (Å²) < 4.78 is 26.9. The zero-order valence-electron chi connectivity index (χ0n) is 8.50. The van der Waals surface area contributed by atoms with Crippen molar-refractivity contribution in [3.05, 3.63) is 41.7 Å². The molecule has 82 valence electrons. The van der Waals surface area contributed by atoms with Gasteiger partial charge in [-0.25, -0.2) is 13.8 Å². The van der Waals surface area contributed by atoms with E-state index >= 15 is 0 Å². The van der Waals surface area contributed by atoms with E-state index in [1.807, 2.05) is 0 Å². The molecule has 1 heterocycles. The van der Waals surface area contributed by atoms with Gasteiger partial charge in [-0.1, -0.05) is 6.07 Å². The Morgan fingerprint density at radius 1 is 1.19 bits per heavy atom. The Labute approximate surface area is 91.3 Å². The maximum absolute atomic E-state index is 13.5. The number of H-pyrrole nitrogens is 1. The predicted octanol–water partition coefficient (Wildman–Crippen LogP) is 3.23. The molecule has 0 atom stereocenters. The van der Waals surface area contributed by atoms with Crippen molar-refractivity contribution in [3.63, 3.8) is 0 Å². The minimum atomic E-state index is -0.586. The molecule has 0 amide bonds. The molecule has 1 N–H and O–H groups in total. The maximum Gasteiger partial charge on any atom is 0.143 e. The number of aromatic amines is 1. The predicted molar refractivity (Wildman–Crippen MR) is 55.9 cm³/mol. The van der Waals surface area contributed by atoms with Gasteiger partial charge in [-0.15, -0.1) is 0 Å². The van der Waals surface area contributed by atoms with Crippen molar-refractivity contribution in [2.45, 2.75) is 18.8 Å². The minimum Gasteiger partial charge on any atom is -0.341 e. The molecule has 0 unspecified atom stereocenters. The van der Waals surface area contributed by atoms with Crippen LogP contribution in [-0.4, -0.2) is 9.97 Å². The third kappa shape index (κ3) is 1.50. The van der Waals surface area contributed by atoms with Crippen molar-refractivity contribution in [2.75, 3.05) is 0 Å². The van der Waals surface area contributed by atoms with Crippen LogP contribution in [0, 0.1) is 11.6 Å². The van der Waals surface area contributed by atoms with Gasteiger partial charge in [0.15, 0.2) is 0 Å². The fourth-order valence-corrected chi connectivity index (χ4v) is 1.79. The lowest BCUT2D eigenvalue weighted by Crippen LogP contribution is -1.91. The van der Waals surface area contributed by atoms with Crippen molar-refractivity contribution in [1.82, 2.24) is 9.97 Å². The maximum atomic E-state index is 13.5. The van der Waals surface area contributed by atoms with E-state index in [4.69, 9.17) is 0 Å². The van der Waals surface area contributed by atoms with Crippen LogP contribution in [-0.2, 0) is 0 Å². The van der Waals surface area contributed by atoms with Crippen LogP contribution in [0.3, 0.4) is 0 Å². The second-order valence-corrected chi connectivity index (χ2v) is 4.06. The second-order valence-electron chi connectivity index (χ2n) is 4.06. The highest BCUT2D eigenvalue weighted by Crippen LogP contribution is 2.39. The number of rotatable bonds is 2. The quantitative estimate of drug-likeness (QED) is 0.826. The molecule has 2 aromatic rings. The summed E-state index contributed by atoms with van der Waals surface area (Å²) in [5.74, 6) is -0.401. The Kier molecular flexibility index (Phi) is 2.02. The number of aromatic nitrogens is 2. The number of hydrogen-bond acceptors (Lipinski definition) is 1. The second kappa shape index (κ2) is 3.40. The van der Waals surface area contributed by atoms with Crippen LogP contribution < -0.4 is 0 Å². The van der Waals surface area contributed by atoms with Gasteiger partial charge in [-0.3, -0.25) is 0 Å². The first-order valence-corrected chi connectivity index (χ1v) is 5.25. The van der Waals surface area contributed by atoms with Gasteiger partial charge in [0, 0.05) is 17.8 Å². The molecule has 16 heavy (non-hydrogen) atoms. The summed E-state index contributed by atoms with van der Waals surface area (Å²) in [4.78, 5) is 7.02. The van der Waals surface area contributed by atoms with Gasteiger partial charge in [-0.2, -0.15) is 0 Å². The van der Waals surface area contributed by atoms with Crippen LogP contribution in [0.1, 0.15) is 24.5 Å². The average Bonchev–Trinajstić information content (AvgIpc) is 2.99. The number of hydrogen-bond donors (Lipinski definition) is 1. The van der Waals surface area contributed by atoms with Crippen LogP contribution in [0.15, 0.2) is 24.4 Å². The van der Waals surface area contributed by atoms with E-state index in [1.165, 1.54) is 18.2 Å². The monoisotopic (exact) mass is 220 g/mol. The molecule has 1 aromatic carbocycles. The highest BCUT2D eigenvalue weighted by Gasteiger charge is 2.26. The van der Waals surface area contributed by atoms with Crippen molar-refractivity contribution < 1.29 is 8.78 Å². The normalized spacial score (nSPS) is 15.4. The van der Waals surface area contributed by atoms with E-state index in [2.05, 4.69) is 9.97 Å². The zero-order valence-corrected chi connectivity index (χ0v) is 8.50. The Hall–Kier alpha value is -1.71. The lowest BCUT2D eigenvalue weighted by Gasteiger charge is -2.00. The fourth-order valence-electron chi connectivity index (χ4n) is 1.79. The summed E-state index contributed by atoms with van der Waals surface area (Å²) in [6.07, 6.45) is 3.92. The van der Waals surface area contributed by atoms with E-state index in [0.29, 0.717) is 5.92 Å². The van der Waals surface area contributed by atoms with Gasteiger partial charge in [0.2, 0.25) is 0 Å². The Morgan fingerprint density at radius 3 is 2.50 bits per heavy atom. The molecule has 0 radical (unpaired) electrons. The van der Waals surface area contributed by atoms with Crippen LogP contribution in [0.4, 0.5) is 8.78 Å². The minimum absolute atomic E-state index is 0.0746. The van der Waals surface area contributed by atoms with Gasteiger partial charge in [0.1, 0.15) is 17.5 Å². The van der Waals surface area contributed by atoms with Crippen molar-refractivity contribution in [3.8, 4) is 11.4 Å². The van der Waals surface area contributed by atoms with Gasteiger partial charge in [-0.05, 0) is 25.0 Å². The summed E-state index contributed by atoms with van der Waals surface area (Å²) in [6, 6.07) is 3.81. The molecular formula is C12H10F2N2. The summed E-state index contributed by atoms with van der Waals surface area (Å²) >= 11 is 0. The first-order valence-electron chi connectivity index (χ1n) is 5.25. The number of halogens is 2. The van der Waals surface area contributed by atoms with E-state index in [0.717, 1.165) is 18.5 Å². The van der Waals surface area contributed by atoms with Crippen LogP contribution in [0.5, 0.6) is 0 Å². The Morgan fingerprint density at radius 2 is 1.88 bits per heavy atom. The number of nitrogens with one attached hydrogen (secondary N) is 1. The molecule has 1 aliphatic carbocycles. The van der Waals surface area contributed by atoms with E-state index in [1.54, 1.807) is 6.20 Å². The Bertz CT molecular complexity index is 509. The van der Waals surface area contributed by atoms with Gasteiger partial charge >= 0.3 is 0 Å². The third-order valence-corrected chi connectivity index (χ3v) is 2.81. The van der Waals surface area contributed by atoms with E-state index < -0.39 is 11.6 Å². The summed E-state index contributed by atoms with van der Waals surface area (Å²) in [7, 11) is 0. The standard InChI is InChI=1S/C12H10F2N2/c13-8-2-1-3-9(14)11(8)12-15-6-10(16-12)7-4-5-7/h1-3,6-7H,4-5H2,(H,15,16). The van der Waals surface area contributed by atoms with Crippen molar-refractivity contribution >= 4 is 0 Å². The van der Waals surface area contributed by atoms with Gasteiger partial charge in [0.05, 0.1) is 5.56 Å². The molecule has 1 aromatic heterocycles. The highest BCUT2D eigenvalue weighted by molar-refractivity contribution is 5.57. The number of benzene rings is 1. The van der Waals surface area contributed by atoms with Gasteiger partial charge < -0.3 is 4.98 Å². The van der Waals surface area contributed by atoms with Gasteiger partial charge in [0.25, 0.3) is 0 Å². The lowest BCUT2D eigenvalue weighted by atomic mass is 10.2. The molecule has 0 saturated heterocycles. The molecule has 1 aliphatic rings. The molecule has 1 fully saturated rings. The average molecular weight is 220 g/mol. The smallest absolute Gasteiger partial charge is 0.143 e. The van der Waals surface area contributed by atoms with Crippen LogP contribution >= 0.6 is 0 Å². The molecule has 2 nitrogen and oxygen atoms in total. The zero-order chi connectivity index (χ0) is 11.1. The van der Waals surface area contributed by atoms with E-state index in [-0.39, 0.29) is 11.4 Å². The molecule has 1 saturated carbocycles. The first-order chi connectivity index (χ1) is 7.75. The molecule has 3 rings (SSSR count). The summed E-state index contributed by atoms with van der Waals surface area (Å²) in [5.41, 5.74) is 0.895. The van der Waals surface area contributed by atoms with Crippen LogP contribution in [0.2, 0.25) is 0 Å². The van der Waals surface area contributed by atoms with Crippen LogP contribution in [0.25, 0.3) is 11.4 Å². The molecule has 0 aliphatic heterocycles. The molecule has 0 bridgehead atoms. The molecular weight excluding hydrogens is 210 g/mol. The fraction of sp³-hybridized carbons (Fsp3) is 0.250. The summed E-state index contributed by atoms with van der Waals surface area (Å²) in [6.45, 7) is 0. The largest absolute Gasteiger partial charge is 0.341 e. The van der Waals surface area contributed by atoms with Crippen molar-refractivity contribution in [1.29, 1.82) is 0 Å². The topological polar surface area (TPSA) is 28.7 Å². The van der Waals surface area contributed by atoms with E-state index in [9.17, 15) is 8.78 Å². The molecule has 4 heteroatoms. The number of nitrogens with zero attached hydrogens (tertiary/aromatic N) is 1. The SMILES string of the molecule is Fc1cccc(F)c1-c1ncc(C2CC2)[nH]1. The lowest BCUT2D eigenvalue weighted by molar-refractivity contribution is 0.588. The Balaban J connectivity index is 2.06. The molecule has 0 spiro atoms. The third-order valence-electron chi connectivity index (χ3n) is 2.81.